The maximum absolute atomic E-state index is 14.0. The van der Waals surface area contributed by atoms with Gasteiger partial charge in [0.15, 0.2) is 36.6 Å². The third-order valence-corrected chi connectivity index (χ3v) is 4.57. The first-order valence-corrected chi connectivity index (χ1v) is 9.58. The van der Waals surface area contributed by atoms with Crippen LogP contribution in [-0.2, 0) is 18.9 Å². The lowest BCUT2D eigenvalue weighted by Crippen LogP contribution is -2.42. The van der Waals surface area contributed by atoms with Gasteiger partial charge in [-0.25, -0.2) is 8.78 Å². The average molecular weight is 438 g/mol. The van der Waals surface area contributed by atoms with Crippen LogP contribution in [0.2, 0.25) is 0 Å². The quantitative estimate of drug-likeness (QED) is 0.483. The molecule has 5 nitrogen and oxygen atoms in total. The summed E-state index contributed by atoms with van der Waals surface area (Å²) >= 11 is 0. The fourth-order valence-corrected chi connectivity index (χ4v) is 3.12. The molecule has 10 heteroatoms. The molecular formula is C20H23F5O5. The predicted molar refractivity (Wildman–Crippen MR) is 94.7 cm³/mol. The number of benzene rings is 1. The molecule has 2 aliphatic rings. The Labute approximate surface area is 170 Å². The fraction of sp³-hybridized carbons (Fsp3) is 0.600. The van der Waals surface area contributed by atoms with Crippen molar-refractivity contribution in [2.75, 3.05) is 33.0 Å². The minimum atomic E-state index is -4.71. The van der Waals surface area contributed by atoms with Crippen molar-refractivity contribution in [2.45, 2.75) is 32.1 Å². The van der Waals surface area contributed by atoms with E-state index in [0.29, 0.717) is 13.2 Å². The normalized spacial score (nSPS) is 28.1. The van der Waals surface area contributed by atoms with Crippen LogP contribution < -0.4 is 4.74 Å². The molecule has 0 unspecified atom stereocenters. The van der Waals surface area contributed by atoms with E-state index in [1.54, 1.807) is 0 Å². The monoisotopic (exact) mass is 438 g/mol. The van der Waals surface area contributed by atoms with Gasteiger partial charge in [0.2, 0.25) is 0 Å². The SMILES string of the molecule is CC/C=C/[C@H]1CO[C@H]([C@H]2CO[C@H](c3cc(F)c(OCC(F)(F)F)c(F)c3)OC2)OC1. The fourth-order valence-electron chi connectivity index (χ4n) is 3.12. The van der Waals surface area contributed by atoms with Crippen molar-refractivity contribution in [3.8, 4) is 5.75 Å². The Hall–Kier alpha value is -1.75. The summed E-state index contributed by atoms with van der Waals surface area (Å²) < 4.78 is 91.4. The third-order valence-electron chi connectivity index (χ3n) is 4.57. The predicted octanol–water partition coefficient (Wildman–Crippen LogP) is 4.52. The van der Waals surface area contributed by atoms with Crippen molar-refractivity contribution in [1.82, 2.24) is 0 Å². The smallest absolute Gasteiger partial charge is 0.422 e. The number of allylic oxidation sites excluding steroid dienone is 1. The van der Waals surface area contributed by atoms with E-state index in [1.165, 1.54) is 0 Å². The summed E-state index contributed by atoms with van der Waals surface area (Å²) in [5, 5.41) is 0. The number of ether oxygens (including phenoxy) is 5. The molecule has 168 valence electrons. The summed E-state index contributed by atoms with van der Waals surface area (Å²) in [7, 11) is 0. The molecular weight excluding hydrogens is 415 g/mol. The van der Waals surface area contributed by atoms with Crippen LogP contribution in [0, 0.1) is 23.5 Å². The third kappa shape index (κ3) is 6.13. The Bertz CT molecular complexity index is 700. The van der Waals surface area contributed by atoms with Crippen molar-refractivity contribution < 1.29 is 45.6 Å². The number of hydrogen-bond acceptors (Lipinski definition) is 5. The molecule has 0 amide bonds. The van der Waals surface area contributed by atoms with Crippen LogP contribution in [0.4, 0.5) is 22.0 Å². The lowest BCUT2D eigenvalue weighted by molar-refractivity contribution is -0.280. The summed E-state index contributed by atoms with van der Waals surface area (Å²) in [4.78, 5) is 0. The summed E-state index contributed by atoms with van der Waals surface area (Å²) in [6.07, 6.45) is -1.26. The van der Waals surface area contributed by atoms with Crippen LogP contribution in [0.25, 0.3) is 0 Å². The number of alkyl halides is 3. The molecule has 2 fully saturated rings. The molecule has 0 bridgehead atoms. The number of rotatable bonds is 6. The Balaban J connectivity index is 1.53. The van der Waals surface area contributed by atoms with Gasteiger partial charge in [-0.3, -0.25) is 0 Å². The van der Waals surface area contributed by atoms with E-state index < -0.39 is 42.7 Å². The van der Waals surface area contributed by atoms with Crippen molar-refractivity contribution in [3.05, 3.63) is 41.5 Å². The van der Waals surface area contributed by atoms with E-state index in [4.69, 9.17) is 18.9 Å². The van der Waals surface area contributed by atoms with Gasteiger partial charge >= 0.3 is 6.18 Å². The van der Waals surface area contributed by atoms with Crippen molar-refractivity contribution in [2.24, 2.45) is 11.8 Å². The Morgan fingerprint density at radius 3 is 2.13 bits per heavy atom. The zero-order valence-electron chi connectivity index (χ0n) is 16.3. The molecule has 0 spiro atoms. The minimum absolute atomic E-state index is 0.00180. The largest absolute Gasteiger partial charge is 0.478 e. The molecule has 0 N–H and O–H groups in total. The maximum atomic E-state index is 14.0. The van der Waals surface area contributed by atoms with Crippen molar-refractivity contribution in [3.63, 3.8) is 0 Å². The van der Waals surface area contributed by atoms with Crippen LogP contribution in [0.15, 0.2) is 24.3 Å². The standard InChI is InChI=1S/C20H23F5O5/c1-2-3-4-12-7-26-19(27-8-12)14-9-28-18(29-10-14)13-5-15(21)17(16(22)6-13)30-11-20(23,24)25/h3-6,12,14,18-19H,2,7-11H2,1H3/b4-3+/t12-,14-,18-,19-. The second kappa shape index (κ2) is 10.0. The first kappa shape index (κ1) is 22.9. The Kier molecular flexibility index (Phi) is 7.67. The second-order valence-electron chi connectivity index (χ2n) is 7.11. The maximum Gasteiger partial charge on any atom is 0.422 e. The van der Waals surface area contributed by atoms with Crippen LogP contribution >= 0.6 is 0 Å². The number of halogens is 5. The Morgan fingerprint density at radius 2 is 1.60 bits per heavy atom. The zero-order chi connectivity index (χ0) is 21.7. The van der Waals surface area contributed by atoms with E-state index >= 15 is 0 Å². The molecule has 0 aromatic heterocycles. The highest BCUT2D eigenvalue weighted by Crippen LogP contribution is 2.33. The molecule has 0 aliphatic carbocycles. The number of hydrogen-bond donors (Lipinski definition) is 0. The molecule has 1 aromatic carbocycles. The molecule has 0 atom stereocenters. The van der Waals surface area contributed by atoms with Crippen molar-refractivity contribution in [1.29, 1.82) is 0 Å². The first-order valence-electron chi connectivity index (χ1n) is 9.58. The lowest BCUT2D eigenvalue weighted by Gasteiger charge is -2.37. The highest BCUT2D eigenvalue weighted by atomic mass is 19.4. The average Bonchev–Trinajstić information content (AvgIpc) is 2.71. The van der Waals surface area contributed by atoms with E-state index in [2.05, 4.69) is 4.74 Å². The molecule has 1 aromatic rings. The van der Waals surface area contributed by atoms with E-state index in [9.17, 15) is 22.0 Å². The topological polar surface area (TPSA) is 46.2 Å². The minimum Gasteiger partial charge on any atom is -0.478 e. The van der Waals surface area contributed by atoms with Crippen LogP contribution in [-0.4, -0.2) is 45.5 Å². The van der Waals surface area contributed by atoms with Gasteiger partial charge in [0, 0.05) is 11.5 Å². The molecule has 2 saturated heterocycles. The first-order chi connectivity index (χ1) is 14.3. The second-order valence-corrected chi connectivity index (χ2v) is 7.11. The molecule has 0 radical (unpaired) electrons. The van der Waals surface area contributed by atoms with Crippen molar-refractivity contribution >= 4 is 0 Å². The van der Waals surface area contributed by atoms with Gasteiger partial charge in [0.1, 0.15) is 0 Å². The van der Waals surface area contributed by atoms with Gasteiger partial charge in [-0.15, -0.1) is 0 Å². The van der Waals surface area contributed by atoms with Gasteiger partial charge in [-0.1, -0.05) is 19.1 Å². The molecule has 30 heavy (non-hydrogen) atoms. The molecule has 2 aliphatic heterocycles. The highest BCUT2D eigenvalue weighted by Gasteiger charge is 2.35. The van der Waals surface area contributed by atoms with Gasteiger partial charge in [-0.2, -0.15) is 13.2 Å². The van der Waals surface area contributed by atoms with E-state index in [0.717, 1.165) is 18.6 Å². The van der Waals surface area contributed by atoms with Crippen LogP contribution in [0.1, 0.15) is 25.2 Å². The zero-order valence-corrected chi connectivity index (χ0v) is 16.3. The summed E-state index contributed by atoms with van der Waals surface area (Å²) in [6, 6.07) is 1.66. The molecule has 2 heterocycles. The van der Waals surface area contributed by atoms with E-state index in [1.807, 2.05) is 19.1 Å². The van der Waals surface area contributed by atoms with E-state index in [-0.39, 0.29) is 30.6 Å². The molecule has 3 rings (SSSR count). The summed E-state index contributed by atoms with van der Waals surface area (Å²) in [5.74, 6) is -3.67. The van der Waals surface area contributed by atoms with Gasteiger partial charge in [-0.05, 0) is 18.6 Å². The summed E-state index contributed by atoms with van der Waals surface area (Å²) in [6.45, 7) is 1.60. The van der Waals surface area contributed by atoms with Crippen LogP contribution in [0.3, 0.4) is 0 Å². The lowest BCUT2D eigenvalue weighted by atomic mass is 10.1. The van der Waals surface area contributed by atoms with Gasteiger partial charge in [0.05, 0.1) is 32.3 Å². The van der Waals surface area contributed by atoms with Gasteiger partial charge in [0.25, 0.3) is 0 Å². The summed E-state index contributed by atoms with van der Waals surface area (Å²) in [5.41, 5.74) is -0.00180. The van der Waals surface area contributed by atoms with Crippen LogP contribution in [0.5, 0.6) is 5.75 Å². The molecule has 0 saturated carbocycles. The Morgan fingerprint density at radius 1 is 1.00 bits per heavy atom. The highest BCUT2D eigenvalue weighted by molar-refractivity contribution is 5.32. The van der Waals surface area contributed by atoms with Gasteiger partial charge < -0.3 is 23.7 Å².